The van der Waals surface area contributed by atoms with E-state index in [1.807, 2.05) is 12.1 Å². The van der Waals surface area contributed by atoms with Gasteiger partial charge in [0.05, 0.1) is 13.7 Å². The van der Waals surface area contributed by atoms with Crippen molar-refractivity contribution in [3.8, 4) is 5.75 Å². The van der Waals surface area contributed by atoms with E-state index in [2.05, 4.69) is 29.1 Å². The van der Waals surface area contributed by atoms with Crippen LogP contribution in [0.3, 0.4) is 0 Å². The lowest BCUT2D eigenvalue weighted by Gasteiger charge is -2.36. The standard InChI is InChI=1S/C19H31ClN4O2/c1-15(24-11-9-22(2)10-12-24)7-8-21-19(25)23(3)14-16-13-17(20)5-6-18(16)26-4/h5-6,13,15H,7-12,14H2,1-4H3,(H,21,25). The zero-order valence-corrected chi connectivity index (χ0v) is 17.1. The van der Waals surface area contributed by atoms with Gasteiger partial charge < -0.3 is 19.9 Å². The summed E-state index contributed by atoms with van der Waals surface area (Å²) in [6.07, 6.45) is 0.948. The lowest BCUT2D eigenvalue weighted by molar-refractivity contribution is 0.114. The van der Waals surface area contributed by atoms with Crippen molar-refractivity contribution in [3.63, 3.8) is 0 Å². The molecule has 146 valence electrons. The normalized spacial score (nSPS) is 17.0. The van der Waals surface area contributed by atoms with E-state index in [9.17, 15) is 4.79 Å². The third kappa shape index (κ3) is 6.04. The highest BCUT2D eigenvalue weighted by molar-refractivity contribution is 6.30. The van der Waals surface area contributed by atoms with E-state index in [0.29, 0.717) is 24.2 Å². The summed E-state index contributed by atoms with van der Waals surface area (Å²) in [5.41, 5.74) is 0.892. The zero-order chi connectivity index (χ0) is 19.1. The van der Waals surface area contributed by atoms with Crippen LogP contribution >= 0.6 is 11.6 Å². The fraction of sp³-hybridized carbons (Fsp3) is 0.632. The molecule has 2 rings (SSSR count). The number of nitrogens with one attached hydrogen (secondary N) is 1. The Morgan fingerprint density at radius 2 is 2.04 bits per heavy atom. The molecule has 7 heteroatoms. The topological polar surface area (TPSA) is 48.1 Å². The van der Waals surface area contributed by atoms with Gasteiger partial charge in [-0.1, -0.05) is 11.6 Å². The van der Waals surface area contributed by atoms with E-state index in [1.54, 1.807) is 25.1 Å². The molecule has 1 aromatic rings. The molecule has 0 radical (unpaired) electrons. The smallest absolute Gasteiger partial charge is 0.317 e. The predicted molar refractivity (Wildman–Crippen MR) is 106 cm³/mol. The average Bonchev–Trinajstić information content (AvgIpc) is 2.62. The molecule has 1 aliphatic rings. The monoisotopic (exact) mass is 382 g/mol. The Hall–Kier alpha value is -1.50. The molecule has 2 amide bonds. The highest BCUT2D eigenvalue weighted by Gasteiger charge is 2.19. The highest BCUT2D eigenvalue weighted by atomic mass is 35.5. The van der Waals surface area contributed by atoms with Crippen LogP contribution in [0.25, 0.3) is 0 Å². The maximum Gasteiger partial charge on any atom is 0.317 e. The molecule has 1 fully saturated rings. The van der Waals surface area contributed by atoms with Gasteiger partial charge in [-0.05, 0) is 38.6 Å². The maximum absolute atomic E-state index is 12.4. The molecular weight excluding hydrogens is 352 g/mol. The second kappa shape index (κ2) is 10.00. The lowest BCUT2D eigenvalue weighted by Crippen LogP contribution is -2.49. The van der Waals surface area contributed by atoms with Crippen molar-refractivity contribution in [2.45, 2.75) is 25.9 Å². The second-order valence-corrected chi connectivity index (χ2v) is 7.46. The van der Waals surface area contributed by atoms with Gasteiger partial charge in [-0.15, -0.1) is 0 Å². The number of halogens is 1. The first-order chi connectivity index (χ1) is 12.4. The molecule has 6 nitrogen and oxygen atoms in total. The van der Waals surface area contributed by atoms with Gasteiger partial charge in [0.1, 0.15) is 5.75 Å². The van der Waals surface area contributed by atoms with Gasteiger partial charge in [0.15, 0.2) is 0 Å². The Bertz CT molecular complexity index is 591. The van der Waals surface area contributed by atoms with Gasteiger partial charge >= 0.3 is 6.03 Å². The molecule has 0 aliphatic carbocycles. The molecular formula is C19H31ClN4O2. The number of hydrogen-bond acceptors (Lipinski definition) is 4. The number of ether oxygens (including phenoxy) is 1. The number of rotatable bonds is 7. The molecule has 1 atom stereocenters. The first-order valence-corrected chi connectivity index (χ1v) is 9.52. The summed E-state index contributed by atoms with van der Waals surface area (Å²) in [6, 6.07) is 5.82. The van der Waals surface area contributed by atoms with Crippen molar-refractivity contribution in [1.82, 2.24) is 20.0 Å². The first kappa shape index (κ1) is 20.8. The van der Waals surface area contributed by atoms with Crippen LogP contribution in [0.1, 0.15) is 18.9 Å². The molecule has 1 saturated heterocycles. The van der Waals surface area contributed by atoms with Crippen molar-refractivity contribution < 1.29 is 9.53 Å². The molecule has 1 aromatic carbocycles. The van der Waals surface area contributed by atoms with E-state index in [4.69, 9.17) is 16.3 Å². The Labute approximate surface area is 162 Å². The van der Waals surface area contributed by atoms with Crippen LogP contribution in [0.4, 0.5) is 4.79 Å². The number of likely N-dealkylation sites (N-methyl/N-ethyl adjacent to an activating group) is 1. The Morgan fingerprint density at radius 1 is 1.35 bits per heavy atom. The summed E-state index contributed by atoms with van der Waals surface area (Å²) < 4.78 is 5.34. The summed E-state index contributed by atoms with van der Waals surface area (Å²) in [5, 5.41) is 3.64. The zero-order valence-electron chi connectivity index (χ0n) is 16.3. The number of methoxy groups -OCH3 is 1. The summed E-state index contributed by atoms with van der Waals surface area (Å²) >= 11 is 6.06. The number of piperazine rings is 1. The SMILES string of the molecule is COc1ccc(Cl)cc1CN(C)C(=O)NCCC(C)N1CCN(C)CC1. The Balaban J connectivity index is 1.76. The van der Waals surface area contributed by atoms with Crippen LogP contribution < -0.4 is 10.1 Å². The molecule has 26 heavy (non-hydrogen) atoms. The summed E-state index contributed by atoms with van der Waals surface area (Å²) in [7, 11) is 5.55. The summed E-state index contributed by atoms with van der Waals surface area (Å²) in [5.74, 6) is 0.734. The minimum Gasteiger partial charge on any atom is -0.496 e. The summed E-state index contributed by atoms with van der Waals surface area (Å²) in [6.45, 7) is 7.77. The number of amides is 2. The van der Waals surface area contributed by atoms with E-state index in [0.717, 1.165) is 43.9 Å². The van der Waals surface area contributed by atoms with E-state index in [-0.39, 0.29) is 6.03 Å². The Kier molecular flexibility index (Phi) is 8.00. The number of carbonyl (C=O) groups is 1. The van der Waals surface area contributed by atoms with Crippen molar-refractivity contribution in [2.24, 2.45) is 0 Å². The maximum atomic E-state index is 12.4. The van der Waals surface area contributed by atoms with Gasteiger partial charge in [-0.3, -0.25) is 4.90 Å². The van der Waals surface area contributed by atoms with Gasteiger partial charge in [-0.2, -0.15) is 0 Å². The molecule has 0 saturated carbocycles. The number of carbonyl (C=O) groups excluding carboxylic acids is 1. The van der Waals surface area contributed by atoms with Crippen LogP contribution in [-0.4, -0.2) is 80.7 Å². The van der Waals surface area contributed by atoms with Crippen molar-refractivity contribution >= 4 is 17.6 Å². The number of benzene rings is 1. The lowest BCUT2D eigenvalue weighted by atomic mass is 10.1. The largest absolute Gasteiger partial charge is 0.496 e. The third-order valence-electron chi connectivity index (χ3n) is 5.00. The second-order valence-electron chi connectivity index (χ2n) is 7.02. The summed E-state index contributed by atoms with van der Waals surface area (Å²) in [4.78, 5) is 18.8. The van der Waals surface area contributed by atoms with Crippen LogP contribution in [0.15, 0.2) is 18.2 Å². The first-order valence-electron chi connectivity index (χ1n) is 9.14. The number of nitrogens with zero attached hydrogens (tertiary/aromatic N) is 3. The third-order valence-corrected chi connectivity index (χ3v) is 5.23. The van der Waals surface area contributed by atoms with E-state index < -0.39 is 0 Å². The van der Waals surface area contributed by atoms with Crippen LogP contribution in [0, 0.1) is 0 Å². The van der Waals surface area contributed by atoms with E-state index >= 15 is 0 Å². The van der Waals surface area contributed by atoms with Crippen molar-refractivity contribution in [1.29, 1.82) is 0 Å². The number of hydrogen-bond donors (Lipinski definition) is 1. The molecule has 1 N–H and O–H groups in total. The fourth-order valence-corrected chi connectivity index (χ4v) is 3.36. The van der Waals surface area contributed by atoms with Gasteiger partial charge in [-0.25, -0.2) is 4.79 Å². The molecule has 1 aliphatic heterocycles. The van der Waals surface area contributed by atoms with Crippen molar-refractivity contribution in [3.05, 3.63) is 28.8 Å². The molecule has 0 aromatic heterocycles. The Morgan fingerprint density at radius 3 is 2.69 bits per heavy atom. The van der Waals surface area contributed by atoms with Crippen molar-refractivity contribution in [2.75, 3.05) is 53.9 Å². The van der Waals surface area contributed by atoms with Crippen LogP contribution in [-0.2, 0) is 6.54 Å². The quantitative estimate of drug-likeness (QED) is 0.787. The van der Waals surface area contributed by atoms with Crippen LogP contribution in [0.2, 0.25) is 5.02 Å². The highest BCUT2D eigenvalue weighted by Crippen LogP contribution is 2.23. The minimum absolute atomic E-state index is 0.0855. The average molecular weight is 383 g/mol. The van der Waals surface area contributed by atoms with E-state index in [1.165, 1.54) is 0 Å². The van der Waals surface area contributed by atoms with Gasteiger partial charge in [0.2, 0.25) is 0 Å². The molecule has 1 unspecified atom stereocenters. The number of urea groups is 1. The molecule has 0 spiro atoms. The molecule has 1 heterocycles. The predicted octanol–water partition coefficient (Wildman–Crippen LogP) is 2.52. The van der Waals surface area contributed by atoms with Gasteiger partial charge in [0.25, 0.3) is 0 Å². The van der Waals surface area contributed by atoms with Gasteiger partial charge in [0, 0.05) is 56.4 Å². The minimum atomic E-state index is -0.0855. The van der Waals surface area contributed by atoms with Crippen LogP contribution in [0.5, 0.6) is 5.75 Å². The molecule has 0 bridgehead atoms. The fourth-order valence-electron chi connectivity index (χ4n) is 3.17.